The van der Waals surface area contributed by atoms with Crippen LogP contribution in [0.2, 0.25) is 0 Å². The zero-order valence-corrected chi connectivity index (χ0v) is 14.4. The Morgan fingerprint density at radius 2 is 1.57 bits per heavy atom. The molecule has 118 valence electrons. The molecule has 0 aromatic heterocycles. The van der Waals surface area contributed by atoms with E-state index in [2.05, 4.69) is 41.5 Å². The molecular formula is C19H30O2. The Morgan fingerprint density at radius 3 is 1.95 bits per heavy atom. The quantitative estimate of drug-likeness (QED) is 0.696. The lowest BCUT2D eigenvalue weighted by Crippen LogP contribution is -2.27. The van der Waals surface area contributed by atoms with Gasteiger partial charge in [-0.2, -0.15) is 0 Å². The van der Waals surface area contributed by atoms with Gasteiger partial charge in [-0.05, 0) is 40.9 Å². The molecule has 0 aliphatic carbocycles. The second-order valence-corrected chi connectivity index (χ2v) is 7.54. The van der Waals surface area contributed by atoms with Gasteiger partial charge in [0.25, 0.3) is 0 Å². The zero-order chi connectivity index (χ0) is 16.3. The fraction of sp³-hybridized carbons (Fsp3) is 0.632. The molecule has 0 amide bonds. The van der Waals surface area contributed by atoms with Gasteiger partial charge in [0.05, 0.1) is 5.56 Å². The first-order valence-corrected chi connectivity index (χ1v) is 7.96. The van der Waals surface area contributed by atoms with E-state index < -0.39 is 5.97 Å². The number of rotatable bonds is 7. The zero-order valence-electron chi connectivity index (χ0n) is 14.4. The maximum Gasteiger partial charge on any atom is 0.335 e. The second-order valence-electron chi connectivity index (χ2n) is 7.54. The number of carbonyl (C=O) groups is 1. The Kier molecular flexibility index (Phi) is 5.61. The van der Waals surface area contributed by atoms with Gasteiger partial charge in [0.2, 0.25) is 0 Å². The van der Waals surface area contributed by atoms with E-state index in [1.54, 1.807) is 12.1 Å². The highest BCUT2D eigenvalue weighted by molar-refractivity contribution is 5.87. The van der Waals surface area contributed by atoms with Crippen LogP contribution in [-0.4, -0.2) is 11.1 Å². The van der Waals surface area contributed by atoms with E-state index >= 15 is 0 Å². The molecule has 21 heavy (non-hydrogen) atoms. The number of aromatic carboxylic acids is 1. The summed E-state index contributed by atoms with van der Waals surface area (Å²) >= 11 is 0. The van der Waals surface area contributed by atoms with Crippen LogP contribution in [0.25, 0.3) is 0 Å². The summed E-state index contributed by atoms with van der Waals surface area (Å²) in [4.78, 5) is 11.0. The molecule has 2 nitrogen and oxygen atoms in total. The Morgan fingerprint density at radius 1 is 1.05 bits per heavy atom. The van der Waals surface area contributed by atoms with Gasteiger partial charge in [0, 0.05) is 0 Å². The van der Waals surface area contributed by atoms with E-state index in [1.807, 2.05) is 12.1 Å². The summed E-state index contributed by atoms with van der Waals surface area (Å²) in [6, 6.07) is 7.46. The average molecular weight is 290 g/mol. The lowest BCUT2D eigenvalue weighted by atomic mass is 9.66. The summed E-state index contributed by atoms with van der Waals surface area (Å²) in [5.74, 6) is -0.415. The number of benzene rings is 1. The molecule has 1 unspecified atom stereocenters. The minimum absolute atomic E-state index is 0.206. The van der Waals surface area contributed by atoms with Gasteiger partial charge in [-0.3, -0.25) is 0 Å². The summed E-state index contributed by atoms with van der Waals surface area (Å²) < 4.78 is 0. The van der Waals surface area contributed by atoms with E-state index in [4.69, 9.17) is 5.11 Å². The van der Waals surface area contributed by atoms with Crippen molar-refractivity contribution in [1.82, 2.24) is 0 Å². The van der Waals surface area contributed by atoms with Crippen molar-refractivity contribution in [2.45, 2.75) is 66.7 Å². The summed E-state index contributed by atoms with van der Waals surface area (Å²) in [6.07, 6.45) is 3.38. The number of hydrogen-bond acceptors (Lipinski definition) is 1. The van der Waals surface area contributed by atoms with Gasteiger partial charge < -0.3 is 5.11 Å². The highest BCUT2D eigenvalue weighted by Gasteiger charge is 2.33. The molecule has 0 heterocycles. The molecular weight excluding hydrogens is 260 g/mol. The molecule has 0 bridgehead atoms. The summed E-state index contributed by atoms with van der Waals surface area (Å²) in [7, 11) is 0. The molecule has 0 spiro atoms. The van der Waals surface area contributed by atoms with E-state index in [0.29, 0.717) is 16.9 Å². The van der Waals surface area contributed by atoms with Crippen molar-refractivity contribution in [2.24, 2.45) is 10.8 Å². The molecule has 0 aliphatic rings. The van der Waals surface area contributed by atoms with Crippen LogP contribution in [0.1, 0.15) is 82.6 Å². The van der Waals surface area contributed by atoms with E-state index in [1.165, 1.54) is 5.56 Å². The van der Waals surface area contributed by atoms with Crippen LogP contribution in [-0.2, 0) is 0 Å². The van der Waals surface area contributed by atoms with Gasteiger partial charge in [0.15, 0.2) is 0 Å². The fourth-order valence-electron chi connectivity index (χ4n) is 2.65. The van der Waals surface area contributed by atoms with Crippen LogP contribution < -0.4 is 0 Å². The lowest BCUT2D eigenvalue weighted by molar-refractivity contribution is 0.0697. The highest BCUT2D eigenvalue weighted by Crippen LogP contribution is 2.46. The first-order valence-electron chi connectivity index (χ1n) is 7.96. The first-order chi connectivity index (χ1) is 9.63. The normalized spacial score (nSPS) is 14.0. The Hall–Kier alpha value is -1.31. The lowest BCUT2D eigenvalue weighted by Gasteiger charge is -2.39. The standard InChI is InChI=1S/C19H30O2/c1-7-18(3,4)13-16(19(5,6)8-2)14-9-11-15(12-10-14)17(20)21/h9-12,16H,7-8,13H2,1-6H3,(H,20,21). The molecule has 0 radical (unpaired) electrons. The molecule has 0 saturated carbocycles. The van der Waals surface area contributed by atoms with Crippen molar-refractivity contribution < 1.29 is 9.90 Å². The van der Waals surface area contributed by atoms with E-state index in [-0.39, 0.29) is 5.41 Å². The topological polar surface area (TPSA) is 37.3 Å². The van der Waals surface area contributed by atoms with Crippen LogP contribution >= 0.6 is 0 Å². The summed E-state index contributed by atoms with van der Waals surface area (Å²) in [5.41, 5.74) is 2.12. The minimum atomic E-state index is -0.860. The Bertz CT molecular complexity index is 469. The predicted molar refractivity (Wildman–Crippen MR) is 88.9 cm³/mol. The molecule has 2 heteroatoms. The van der Waals surface area contributed by atoms with Gasteiger partial charge >= 0.3 is 5.97 Å². The molecule has 0 saturated heterocycles. The average Bonchev–Trinajstić information content (AvgIpc) is 2.45. The maximum atomic E-state index is 11.0. The monoisotopic (exact) mass is 290 g/mol. The van der Waals surface area contributed by atoms with E-state index in [0.717, 1.165) is 19.3 Å². The largest absolute Gasteiger partial charge is 0.478 e. The third-order valence-electron chi connectivity index (χ3n) is 5.13. The van der Waals surface area contributed by atoms with Crippen LogP contribution in [0.5, 0.6) is 0 Å². The van der Waals surface area contributed by atoms with E-state index in [9.17, 15) is 4.79 Å². The van der Waals surface area contributed by atoms with Crippen LogP contribution in [0, 0.1) is 10.8 Å². The van der Waals surface area contributed by atoms with Gasteiger partial charge in [-0.15, -0.1) is 0 Å². The predicted octanol–water partition coefficient (Wildman–Crippen LogP) is 5.73. The van der Waals surface area contributed by atoms with Crippen LogP contribution in [0.15, 0.2) is 24.3 Å². The number of carboxylic acid groups (broad SMARTS) is 1. The van der Waals surface area contributed by atoms with Crippen molar-refractivity contribution in [2.75, 3.05) is 0 Å². The fourth-order valence-corrected chi connectivity index (χ4v) is 2.65. The van der Waals surface area contributed by atoms with Crippen molar-refractivity contribution in [1.29, 1.82) is 0 Å². The molecule has 1 rings (SSSR count). The van der Waals surface area contributed by atoms with Gasteiger partial charge in [0.1, 0.15) is 0 Å². The Balaban J connectivity index is 3.15. The summed E-state index contributed by atoms with van der Waals surface area (Å²) in [5, 5.41) is 9.04. The second kappa shape index (κ2) is 6.64. The molecule has 1 atom stereocenters. The van der Waals surface area contributed by atoms with Crippen molar-refractivity contribution in [3.05, 3.63) is 35.4 Å². The van der Waals surface area contributed by atoms with Crippen molar-refractivity contribution >= 4 is 5.97 Å². The minimum Gasteiger partial charge on any atom is -0.478 e. The Labute approximate surface area is 129 Å². The smallest absolute Gasteiger partial charge is 0.335 e. The van der Waals surface area contributed by atoms with Crippen LogP contribution in [0.4, 0.5) is 0 Å². The molecule has 1 N–H and O–H groups in total. The molecule has 0 fully saturated rings. The maximum absolute atomic E-state index is 11.0. The van der Waals surface area contributed by atoms with Crippen LogP contribution in [0.3, 0.4) is 0 Å². The van der Waals surface area contributed by atoms with Crippen molar-refractivity contribution in [3.8, 4) is 0 Å². The van der Waals surface area contributed by atoms with Crippen molar-refractivity contribution in [3.63, 3.8) is 0 Å². The third kappa shape index (κ3) is 4.59. The number of carboxylic acids is 1. The third-order valence-corrected chi connectivity index (χ3v) is 5.13. The molecule has 1 aromatic carbocycles. The molecule has 0 aliphatic heterocycles. The number of hydrogen-bond donors (Lipinski definition) is 1. The SMILES string of the molecule is CCC(C)(C)CC(c1ccc(C(=O)O)cc1)C(C)(C)CC. The van der Waals surface area contributed by atoms with Gasteiger partial charge in [-0.1, -0.05) is 66.5 Å². The first kappa shape index (κ1) is 17.7. The summed E-state index contributed by atoms with van der Waals surface area (Å²) in [6.45, 7) is 13.7. The highest BCUT2D eigenvalue weighted by atomic mass is 16.4. The molecule has 1 aromatic rings. The van der Waals surface area contributed by atoms with Gasteiger partial charge in [-0.25, -0.2) is 4.79 Å².